The van der Waals surface area contributed by atoms with Gasteiger partial charge in [0.2, 0.25) is 11.4 Å². The molecule has 0 fully saturated rings. The van der Waals surface area contributed by atoms with Crippen LogP contribution in [-0.2, 0) is 7.05 Å². The summed E-state index contributed by atoms with van der Waals surface area (Å²) >= 11 is 0. The van der Waals surface area contributed by atoms with Crippen molar-refractivity contribution < 1.29 is 52.2 Å². The molecule has 6 nitrogen and oxygen atoms in total. The van der Waals surface area contributed by atoms with Crippen molar-refractivity contribution in [3.05, 3.63) is 72.8 Å². The Bertz CT molecular complexity index is 1260. The summed E-state index contributed by atoms with van der Waals surface area (Å²) in [6, 6.07) is 24.0. The molecule has 0 unspecified atom stereocenters. The molecule has 4 aromatic rings. The molecule has 36 heavy (non-hydrogen) atoms. The molecule has 3 aromatic carbocycles. The van der Waals surface area contributed by atoms with Gasteiger partial charge in [0.1, 0.15) is 35.8 Å². The highest BCUT2D eigenvalue weighted by molar-refractivity contribution is 5.78. The largest absolute Gasteiger partial charge is 1.00 e. The van der Waals surface area contributed by atoms with Gasteiger partial charge in [0.15, 0.2) is 0 Å². The van der Waals surface area contributed by atoms with Crippen LogP contribution in [0.1, 0.15) is 0 Å². The van der Waals surface area contributed by atoms with Gasteiger partial charge in [-0.2, -0.15) is 4.57 Å². The lowest BCUT2D eigenvalue weighted by molar-refractivity contribution is -0.649. The molecule has 0 N–H and O–H groups in total. The Labute approximate surface area is 229 Å². The molecule has 0 aliphatic rings. The fraction of sp³-hybridized carbons (Fsp3) is 0.207. The first-order valence-electron chi connectivity index (χ1n) is 11.2. The van der Waals surface area contributed by atoms with Crippen molar-refractivity contribution in [1.29, 1.82) is 0 Å². The van der Waals surface area contributed by atoms with Crippen molar-refractivity contribution >= 4 is 0 Å². The van der Waals surface area contributed by atoms with E-state index in [-0.39, 0.29) is 24.0 Å². The summed E-state index contributed by atoms with van der Waals surface area (Å²) in [5.41, 5.74) is 5.96. The summed E-state index contributed by atoms with van der Waals surface area (Å²) in [5.74, 6) is 3.72. The fourth-order valence-electron chi connectivity index (χ4n) is 4.15. The molecule has 7 heteroatoms. The summed E-state index contributed by atoms with van der Waals surface area (Å²) in [5, 5.41) is 0. The van der Waals surface area contributed by atoms with Crippen molar-refractivity contribution in [2.45, 2.75) is 0 Å². The van der Waals surface area contributed by atoms with Gasteiger partial charge in [-0.1, -0.05) is 12.1 Å². The molecule has 1 heterocycles. The quantitative estimate of drug-likeness (QED) is 0.230. The molecule has 0 saturated carbocycles. The van der Waals surface area contributed by atoms with E-state index < -0.39 is 0 Å². The number of hydrogen-bond donors (Lipinski definition) is 0. The third kappa shape index (κ3) is 5.36. The summed E-state index contributed by atoms with van der Waals surface area (Å²) in [6.07, 6.45) is 0. The molecule has 0 aliphatic heterocycles. The highest BCUT2D eigenvalue weighted by atomic mass is 127. The Kier molecular flexibility index (Phi) is 9.03. The van der Waals surface area contributed by atoms with E-state index in [0.717, 1.165) is 62.4 Å². The van der Waals surface area contributed by atoms with E-state index in [1.165, 1.54) is 0 Å². The van der Waals surface area contributed by atoms with Crippen LogP contribution in [-0.4, -0.2) is 35.5 Å². The standard InChI is InChI=1S/C29H30NO5.HI/c1-30-26(24-13-11-22(32-3)17-28(24)34-5)15-20(19-7-9-21(31-2)10-8-19)16-27(30)25-14-12-23(33-4)18-29(25)35-6;/h7-18H,1-6H3;1H/q+1;/p-1. The van der Waals surface area contributed by atoms with Gasteiger partial charge in [0.05, 0.1) is 46.7 Å². The van der Waals surface area contributed by atoms with Crippen LogP contribution < -0.4 is 52.2 Å². The third-order valence-corrected chi connectivity index (χ3v) is 6.10. The lowest BCUT2D eigenvalue weighted by Gasteiger charge is -2.15. The first kappa shape index (κ1) is 27.1. The molecule has 0 aliphatic carbocycles. The van der Waals surface area contributed by atoms with Crippen LogP contribution in [0.3, 0.4) is 0 Å². The molecule has 4 rings (SSSR count). The number of hydrogen-bond acceptors (Lipinski definition) is 5. The topological polar surface area (TPSA) is 50.0 Å². The fourth-order valence-corrected chi connectivity index (χ4v) is 4.15. The van der Waals surface area contributed by atoms with E-state index >= 15 is 0 Å². The number of ether oxygens (including phenoxy) is 5. The number of pyridine rings is 1. The monoisotopic (exact) mass is 599 g/mol. The number of methoxy groups -OCH3 is 5. The Hall–Kier alpha value is -3.46. The molecular formula is C29H30INO5. The molecular weight excluding hydrogens is 569 g/mol. The Morgan fingerprint density at radius 1 is 0.472 bits per heavy atom. The van der Waals surface area contributed by atoms with E-state index in [9.17, 15) is 0 Å². The molecule has 188 valence electrons. The van der Waals surface area contributed by atoms with Gasteiger partial charge in [-0.25, -0.2) is 0 Å². The van der Waals surface area contributed by atoms with Gasteiger partial charge in [0.25, 0.3) is 0 Å². The maximum atomic E-state index is 5.74. The lowest BCUT2D eigenvalue weighted by Crippen LogP contribution is -3.00. The van der Waals surface area contributed by atoms with Gasteiger partial charge < -0.3 is 47.7 Å². The number of aromatic nitrogens is 1. The number of benzene rings is 3. The molecule has 0 saturated heterocycles. The predicted molar refractivity (Wildman–Crippen MR) is 137 cm³/mol. The molecule has 0 bridgehead atoms. The first-order valence-corrected chi connectivity index (χ1v) is 11.2. The van der Waals surface area contributed by atoms with Crippen LogP contribution in [0.4, 0.5) is 0 Å². The van der Waals surface area contributed by atoms with E-state index in [1.54, 1.807) is 35.5 Å². The molecule has 0 atom stereocenters. The number of rotatable bonds is 8. The zero-order valence-corrected chi connectivity index (χ0v) is 23.5. The van der Waals surface area contributed by atoms with E-state index in [1.807, 2.05) is 55.6 Å². The summed E-state index contributed by atoms with van der Waals surface area (Å²) in [4.78, 5) is 0. The normalized spacial score (nSPS) is 10.3. The predicted octanol–water partition coefficient (Wildman–Crippen LogP) is 2.56. The molecule has 0 amide bonds. The second-order valence-electron chi connectivity index (χ2n) is 7.93. The highest BCUT2D eigenvalue weighted by Crippen LogP contribution is 2.38. The van der Waals surface area contributed by atoms with Crippen LogP contribution >= 0.6 is 0 Å². The van der Waals surface area contributed by atoms with Gasteiger partial charge >= 0.3 is 0 Å². The minimum atomic E-state index is 0. The Balaban J connectivity index is 0.00000361. The summed E-state index contributed by atoms with van der Waals surface area (Å²) in [7, 11) is 10.3. The van der Waals surface area contributed by atoms with Gasteiger partial charge in [-0.05, 0) is 47.5 Å². The lowest BCUT2D eigenvalue weighted by atomic mass is 9.98. The minimum absolute atomic E-state index is 0. The van der Waals surface area contributed by atoms with Crippen molar-refractivity contribution in [2.75, 3.05) is 35.5 Å². The van der Waals surface area contributed by atoms with Crippen LogP contribution in [0, 0.1) is 0 Å². The van der Waals surface area contributed by atoms with Gasteiger partial charge in [0, 0.05) is 24.3 Å². The van der Waals surface area contributed by atoms with Crippen molar-refractivity contribution in [1.82, 2.24) is 0 Å². The van der Waals surface area contributed by atoms with E-state index in [0.29, 0.717) is 0 Å². The Morgan fingerprint density at radius 2 is 0.889 bits per heavy atom. The summed E-state index contributed by atoms with van der Waals surface area (Å²) in [6.45, 7) is 0. The second kappa shape index (κ2) is 12.0. The van der Waals surface area contributed by atoms with Gasteiger partial charge in [-0.15, -0.1) is 0 Å². The average Bonchev–Trinajstić information content (AvgIpc) is 2.92. The minimum Gasteiger partial charge on any atom is -1.00 e. The van der Waals surface area contributed by atoms with Crippen molar-refractivity contribution in [2.24, 2.45) is 7.05 Å². The van der Waals surface area contributed by atoms with Crippen LogP contribution in [0.2, 0.25) is 0 Å². The van der Waals surface area contributed by atoms with E-state index in [2.05, 4.69) is 28.8 Å². The van der Waals surface area contributed by atoms with Gasteiger partial charge in [-0.3, -0.25) is 0 Å². The zero-order valence-electron chi connectivity index (χ0n) is 21.3. The highest BCUT2D eigenvalue weighted by Gasteiger charge is 2.24. The average molecular weight is 599 g/mol. The maximum Gasteiger partial charge on any atom is 0.217 e. The van der Waals surface area contributed by atoms with E-state index in [4.69, 9.17) is 23.7 Å². The molecule has 1 aromatic heterocycles. The maximum absolute atomic E-state index is 5.74. The number of halogens is 1. The SMILES string of the molecule is COc1ccc(-c2cc(-c3ccc(OC)cc3OC)[n+](C)c(-c3ccc(OC)cc3OC)c2)cc1.[I-]. The van der Waals surface area contributed by atoms with Crippen LogP contribution in [0.25, 0.3) is 33.6 Å². The Morgan fingerprint density at radius 3 is 1.28 bits per heavy atom. The number of nitrogens with zero attached hydrogens (tertiary/aromatic N) is 1. The molecule has 0 radical (unpaired) electrons. The van der Waals surface area contributed by atoms with Crippen molar-refractivity contribution in [3.63, 3.8) is 0 Å². The molecule has 0 spiro atoms. The zero-order chi connectivity index (χ0) is 24.9. The van der Waals surface area contributed by atoms with Crippen LogP contribution in [0.15, 0.2) is 72.8 Å². The first-order chi connectivity index (χ1) is 17.0. The van der Waals surface area contributed by atoms with Crippen molar-refractivity contribution in [3.8, 4) is 62.4 Å². The third-order valence-electron chi connectivity index (χ3n) is 6.10. The smallest absolute Gasteiger partial charge is 0.217 e. The summed E-state index contributed by atoms with van der Waals surface area (Å²) < 4.78 is 29.8. The van der Waals surface area contributed by atoms with Crippen LogP contribution in [0.5, 0.6) is 28.7 Å². The second-order valence-corrected chi connectivity index (χ2v) is 7.93.